The lowest BCUT2D eigenvalue weighted by Crippen LogP contribution is -1.96. The first-order valence-electron chi connectivity index (χ1n) is 22.2. The van der Waals surface area contributed by atoms with E-state index in [1.165, 1.54) is 0 Å². The summed E-state index contributed by atoms with van der Waals surface area (Å²) < 4.78 is 68.7. The molecule has 0 aliphatic carbocycles. The molecule has 9 aromatic carbocycles. The van der Waals surface area contributed by atoms with Crippen LogP contribution in [0.2, 0.25) is 0 Å². The second-order valence-corrected chi connectivity index (χ2v) is 14.0. The van der Waals surface area contributed by atoms with E-state index in [0.29, 0.717) is 11.3 Å². The third-order valence-corrected chi connectivity index (χ3v) is 10.8. The van der Waals surface area contributed by atoms with E-state index in [9.17, 15) is 5.48 Å². The first-order valence-corrected chi connectivity index (χ1v) is 18.7. The zero-order valence-corrected chi connectivity index (χ0v) is 30.1. The predicted molar refractivity (Wildman–Crippen MR) is 237 cm³/mol. The second-order valence-electron chi connectivity index (χ2n) is 14.0. The molecule has 0 unspecified atom stereocenters. The van der Waals surface area contributed by atoms with E-state index >= 15 is 0 Å². The largest absolute Gasteiger partial charge is 0.309 e. The van der Waals surface area contributed by atoms with E-state index in [4.69, 9.17) is 4.11 Å². The first-order chi connectivity index (χ1) is 30.7. The fourth-order valence-corrected chi connectivity index (χ4v) is 8.23. The van der Waals surface area contributed by atoms with Crippen LogP contribution in [-0.2, 0) is 0 Å². The zero-order valence-electron chi connectivity index (χ0n) is 37.1. The summed E-state index contributed by atoms with van der Waals surface area (Å²) in [7, 11) is 0. The number of hydrogen-bond donors (Lipinski definition) is 0. The normalized spacial score (nSPS) is 13.3. The monoisotopic (exact) mass is 719 g/mol. The fourth-order valence-electron chi connectivity index (χ4n) is 8.23. The van der Waals surface area contributed by atoms with Gasteiger partial charge in [0.05, 0.1) is 31.7 Å². The Balaban J connectivity index is 1.18. The van der Waals surface area contributed by atoms with Crippen LogP contribution >= 0.6 is 0 Å². The number of hydrogen-bond acceptors (Lipinski definition) is 0. The highest BCUT2D eigenvalue weighted by molar-refractivity contribution is 6.16. The van der Waals surface area contributed by atoms with Crippen LogP contribution in [0.1, 0.15) is 9.60 Å². The lowest BCUT2D eigenvalue weighted by Gasteiger charge is -2.15. The average Bonchev–Trinajstić information content (AvgIpc) is 3.87. The highest BCUT2D eigenvalue weighted by atomic mass is 15.0. The van der Waals surface area contributed by atoms with Crippen LogP contribution < -0.4 is 0 Å². The summed E-state index contributed by atoms with van der Waals surface area (Å²) in [6.45, 7) is 0. The Morgan fingerprint density at radius 1 is 0.321 bits per heavy atom. The highest BCUT2D eigenvalue weighted by Crippen LogP contribution is 2.43. The third-order valence-electron chi connectivity index (χ3n) is 10.8. The Morgan fingerprint density at radius 2 is 0.929 bits per heavy atom. The summed E-state index contributed by atoms with van der Waals surface area (Å²) in [5.74, 6) is 0. The lowest BCUT2D eigenvalue weighted by atomic mass is 9.93. The maximum absolute atomic E-state index is 9.90. The summed E-state index contributed by atoms with van der Waals surface area (Å²) in [4.78, 5) is 0. The molecular weight excluding hydrogens is 677 g/mol. The molecule has 0 fully saturated rings. The van der Waals surface area contributed by atoms with Crippen LogP contribution in [0.5, 0.6) is 0 Å². The molecule has 2 aromatic heterocycles. The quantitative estimate of drug-likeness (QED) is 0.162. The maximum Gasteiger partial charge on any atom is 0.0645 e. The van der Waals surface area contributed by atoms with Crippen molar-refractivity contribution in [3.8, 4) is 55.9 Å². The summed E-state index contributed by atoms with van der Waals surface area (Å²) >= 11 is 0. The topological polar surface area (TPSA) is 9.86 Å². The SMILES string of the molecule is [2H]c1c([2H])c([2H])c2c(c1[2H])c1c([2H])c(-c3ccc4c(c3)c3cccc(-c5ccccc5-c5ccccc5)c3n4-c3ccccc3)c([2H])c([2H])c1n2-c1ccc(-c2ccccc2)cc1. The fraction of sp³-hybridized carbons (Fsp3) is 0. The zero-order chi connectivity index (χ0) is 43.1. The van der Waals surface area contributed by atoms with Gasteiger partial charge in [-0.25, -0.2) is 0 Å². The number of para-hydroxylation sites is 3. The molecule has 0 spiro atoms. The van der Waals surface area contributed by atoms with E-state index in [1.807, 2.05) is 109 Å². The van der Waals surface area contributed by atoms with Gasteiger partial charge in [-0.05, 0) is 93.5 Å². The van der Waals surface area contributed by atoms with Crippen LogP contribution in [-0.4, -0.2) is 9.13 Å². The molecule has 56 heavy (non-hydrogen) atoms. The summed E-state index contributed by atoms with van der Waals surface area (Å²) in [6.07, 6.45) is 0. The van der Waals surface area contributed by atoms with Gasteiger partial charge in [-0.15, -0.1) is 0 Å². The smallest absolute Gasteiger partial charge is 0.0645 e. The second kappa shape index (κ2) is 13.2. The standard InChI is InChI=1S/C54H36N2/c1-4-15-37(16-5-1)38-27-31-43(32-28-38)55-51-26-13-12-23-46(51)49-35-40(29-33-52(49)55)41-30-34-53-50(36-41)48-25-14-24-47(54(48)56(53)42-19-8-3-9-20-42)45-22-11-10-21-44(45)39-17-6-2-7-18-39/h1-36H/i12D,13D,23D,26D,29D,33D,35D. The van der Waals surface area contributed by atoms with Crippen molar-refractivity contribution in [1.29, 1.82) is 0 Å². The van der Waals surface area contributed by atoms with Gasteiger partial charge in [-0.3, -0.25) is 0 Å². The molecular formula is C54H36N2. The van der Waals surface area contributed by atoms with Crippen LogP contribution in [0.25, 0.3) is 99.5 Å². The summed E-state index contributed by atoms with van der Waals surface area (Å²) in [5, 5.41) is 2.22. The number of aromatic nitrogens is 2. The van der Waals surface area contributed by atoms with Gasteiger partial charge < -0.3 is 9.13 Å². The lowest BCUT2D eigenvalue weighted by molar-refractivity contribution is 1.18. The Labute approximate surface area is 335 Å². The Kier molecular flexibility index (Phi) is 6.01. The third kappa shape index (κ3) is 5.19. The van der Waals surface area contributed by atoms with Crippen LogP contribution in [0.4, 0.5) is 0 Å². The van der Waals surface area contributed by atoms with Crippen LogP contribution in [0, 0.1) is 0 Å². The van der Waals surface area contributed by atoms with Crippen molar-refractivity contribution in [2.75, 3.05) is 0 Å². The van der Waals surface area contributed by atoms with Crippen molar-refractivity contribution in [1.82, 2.24) is 9.13 Å². The van der Waals surface area contributed by atoms with Gasteiger partial charge in [0.25, 0.3) is 0 Å². The van der Waals surface area contributed by atoms with Crippen LogP contribution in [0.3, 0.4) is 0 Å². The Bertz CT molecular complexity index is 3620. The van der Waals surface area contributed by atoms with Crippen molar-refractivity contribution in [3.05, 3.63) is 218 Å². The summed E-state index contributed by atoms with van der Waals surface area (Å²) in [5.41, 5.74) is 10.9. The molecule has 0 N–H and O–H groups in total. The minimum Gasteiger partial charge on any atom is -0.309 e. The minimum atomic E-state index is -0.423. The van der Waals surface area contributed by atoms with E-state index in [-0.39, 0.29) is 57.6 Å². The van der Waals surface area contributed by atoms with Gasteiger partial charge in [-0.2, -0.15) is 0 Å². The van der Waals surface area contributed by atoms with Gasteiger partial charge in [0.15, 0.2) is 0 Å². The Morgan fingerprint density at radius 3 is 1.71 bits per heavy atom. The van der Waals surface area contributed by atoms with E-state index < -0.39 is 12.1 Å². The molecule has 0 saturated heterocycles. The van der Waals surface area contributed by atoms with Gasteiger partial charge >= 0.3 is 0 Å². The van der Waals surface area contributed by atoms with Crippen molar-refractivity contribution in [2.45, 2.75) is 0 Å². The molecule has 2 heteroatoms. The molecule has 0 atom stereocenters. The molecule has 0 saturated carbocycles. The van der Waals surface area contributed by atoms with Crippen molar-refractivity contribution in [2.24, 2.45) is 0 Å². The van der Waals surface area contributed by atoms with Gasteiger partial charge in [-0.1, -0.05) is 164 Å². The first kappa shape index (κ1) is 25.6. The molecule has 11 rings (SSSR count). The van der Waals surface area contributed by atoms with Crippen molar-refractivity contribution < 1.29 is 9.60 Å². The molecule has 0 radical (unpaired) electrons. The van der Waals surface area contributed by atoms with Crippen molar-refractivity contribution >= 4 is 43.6 Å². The number of fused-ring (bicyclic) bond motifs is 6. The van der Waals surface area contributed by atoms with Gasteiger partial charge in [0, 0.05) is 38.5 Å². The average molecular weight is 720 g/mol. The van der Waals surface area contributed by atoms with E-state index in [2.05, 4.69) is 71.3 Å². The molecule has 2 heterocycles. The number of nitrogens with zero attached hydrogens (tertiary/aromatic N) is 2. The molecule has 0 amide bonds. The van der Waals surface area contributed by atoms with E-state index in [1.54, 1.807) is 4.57 Å². The molecule has 0 aliphatic rings. The number of rotatable bonds is 6. The predicted octanol–water partition coefficient (Wildman–Crippen LogP) is 14.5. The number of benzene rings is 9. The maximum atomic E-state index is 9.90. The Hall–Kier alpha value is -7.42. The highest BCUT2D eigenvalue weighted by Gasteiger charge is 2.20. The van der Waals surface area contributed by atoms with E-state index in [0.717, 1.165) is 60.9 Å². The van der Waals surface area contributed by atoms with Crippen molar-refractivity contribution in [3.63, 3.8) is 0 Å². The van der Waals surface area contributed by atoms with Gasteiger partial charge in [0.2, 0.25) is 0 Å². The molecule has 11 aromatic rings. The summed E-state index contributed by atoms with van der Waals surface area (Å²) in [6, 6.07) is 56.9. The van der Waals surface area contributed by atoms with Gasteiger partial charge in [0.1, 0.15) is 0 Å². The minimum absolute atomic E-state index is 0.0793. The molecule has 0 aliphatic heterocycles. The molecule has 0 bridgehead atoms. The molecule has 262 valence electrons. The van der Waals surface area contributed by atoms with Crippen LogP contribution in [0.15, 0.2) is 218 Å². The molecule has 2 nitrogen and oxygen atoms in total.